The molecule has 0 fully saturated rings. The molecule has 142 valence electrons. The van der Waals surface area contributed by atoms with Gasteiger partial charge in [-0.15, -0.1) is 0 Å². The van der Waals surface area contributed by atoms with Crippen molar-refractivity contribution >= 4 is 22.7 Å². The Labute approximate surface area is 167 Å². The molecule has 4 heteroatoms. The molecular formula is C24H26N4. The van der Waals surface area contributed by atoms with Crippen molar-refractivity contribution < 1.29 is 0 Å². The molecule has 0 unspecified atom stereocenters. The molecule has 0 aromatic heterocycles. The van der Waals surface area contributed by atoms with Crippen molar-refractivity contribution in [3.05, 3.63) is 83.9 Å². The van der Waals surface area contributed by atoms with E-state index in [1.54, 1.807) is 0 Å². The molecule has 3 aromatic rings. The van der Waals surface area contributed by atoms with Gasteiger partial charge in [0.15, 0.2) is 0 Å². The fraction of sp³-hybridized carbons (Fsp3) is 0.250. The predicted molar refractivity (Wildman–Crippen MR) is 118 cm³/mol. The minimum Gasteiger partial charge on any atom is -0.355 e. The van der Waals surface area contributed by atoms with Crippen molar-refractivity contribution in [2.75, 3.05) is 47.0 Å². The summed E-state index contributed by atoms with van der Waals surface area (Å²) in [5.41, 5.74) is 8.08. The number of hydrogen-bond acceptors (Lipinski definition) is 4. The first-order chi connectivity index (χ1) is 13.7. The SMILES string of the molecule is CN1CN(Cc2ccccc2CN2CN(C)c3ccccc32)c2ccccc21. The minimum atomic E-state index is 0.933. The van der Waals surface area contributed by atoms with Crippen molar-refractivity contribution in [1.82, 2.24) is 0 Å². The maximum atomic E-state index is 2.47. The third kappa shape index (κ3) is 2.85. The minimum absolute atomic E-state index is 0.933. The Bertz CT molecular complexity index is 919. The average Bonchev–Trinajstić information content (AvgIpc) is 3.21. The molecule has 28 heavy (non-hydrogen) atoms. The van der Waals surface area contributed by atoms with Crippen molar-refractivity contribution in [1.29, 1.82) is 0 Å². The molecule has 3 aromatic carbocycles. The Morgan fingerprint density at radius 2 is 0.893 bits per heavy atom. The molecule has 5 rings (SSSR count). The number of benzene rings is 3. The summed E-state index contributed by atoms with van der Waals surface area (Å²) < 4.78 is 0. The highest BCUT2D eigenvalue weighted by molar-refractivity contribution is 5.77. The first-order valence-corrected chi connectivity index (χ1v) is 9.88. The molecule has 2 heterocycles. The Hall–Kier alpha value is -3.14. The lowest BCUT2D eigenvalue weighted by atomic mass is 10.1. The van der Waals surface area contributed by atoms with Crippen LogP contribution in [0.4, 0.5) is 22.7 Å². The van der Waals surface area contributed by atoms with E-state index in [2.05, 4.69) is 106 Å². The third-order valence-corrected chi connectivity index (χ3v) is 5.87. The van der Waals surface area contributed by atoms with E-state index in [1.165, 1.54) is 33.9 Å². The quantitative estimate of drug-likeness (QED) is 0.670. The maximum absolute atomic E-state index is 2.47. The highest BCUT2D eigenvalue weighted by Crippen LogP contribution is 2.37. The van der Waals surface area contributed by atoms with Gasteiger partial charge in [0.05, 0.1) is 36.1 Å². The number of anilines is 4. The van der Waals surface area contributed by atoms with Crippen LogP contribution < -0.4 is 19.6 Å². The maximum Gasteiger partial charge on any atom is 0.0904 e. The number of nitrogens with zero attached hydrogens (tertiary/aromatic N) is 4. The second-order valence-electron chi connectivity index (χ2n) is 7.82. The van der Waals surface area contributed by atoms with Gasteiger partial charge in [-0.2, -0.15) is 0 Å². The van der Waals surface area contributed by atoms with E-state index in [0.29, 0.717) is 0 Å². The first-order valence-electron chi connectivity index (χ1n) is 9.88. The molecule has 0 saturated heterocycles. The molecule has 0 amide bonds. The van der Waals surface area contributed by atoms with Gasteiger partial charge in [-0.1, -0.05) is 48.5 Å². The summed E-state index contributed by atoms with van der Waals surface area (Å²) in [7, 11) is 4.34. The molecule has 0 atom stereocenters. The van der Waals surface area contributed by atoms with Gasteiger partial charge in [0.25, 0.3) is 0 Å². The van der Waals surface area contributed by atoms with E-state index in [4.69, 9.17) is 0 Å². The molecule has 0 radical (unpaired) electrons. The average molecular weight is 371 g/mol. The van der Waals surface area contributed by atoms with Gasteiger partial charge >= 0.3 is 0 Å². The molecule has 0 aliphatic carbocycles. The van der Waals surface area contributed by atoms with Crippen LogP contribution in [0.25, 0.3) is 0 Å². The van der Waals surface area contributed by atoms with Gasteiger partial charge in [0.1, 0.15) is 0 Å². The van der Waals surface area contributed by atoms with Crippen molar-refractivity contribution in [3.63, 3.8) is 0 Å². The molecule has 0 spiro atoms. The van der Waals surface area contributed by atoms with E-state index in [1.807, 2.05) is 0 Å². The summed E-state index contributed by atoms with van der Waals surface area (Å²) in [4.78, 5) is 9.59. The van der Waals surface area contributed by atoms with E-state index in [-0.39, 0.29) is 0 Å². The summed E-state index contributed by atoms with van der Waals surface area (Å²) in [5, 5.41) is 0. The van der Waals surface area contributed by atoms with Crippen molar-refractivity contribution in [2.45, 2.75) is 13.1 Å². The highest BCUT2D eigenvalue weighted by atomic mass is 15.4. The van der Waals surface area contributed by atoms with Crippen LogP contribution in [0.5, 0.6) is 0 Å². The summed E-state index contributed by atoms with van der Waals surface area (Å²) in [6.45, 7) is 3.73. The second kappa shape index (κ2) is 6.79. The molecule has 4 nitrogen and oxygen atoms in total. The Kier molecular flexibility index (Phi) is 4.12. The molecule has 2 aliphatic rings. The molecule has 0 saturated carbocycles. The van der Waals surface area contributed by atoms with Gasteiger partial charge in [0, 0.05) is 27.2 Å². The van der Waals surface area contributed by atoms with Gasteiger partial charge in [0.2, 0.25) is 0 Å². The van der Waals surface area contributed by atoms with Crippen LogP contribution in [-0.4, -0.2) is 27.4 Å². The summed E-state index contributed by atoms with van der Waals surface area (Å²) in [6.07, 6.45) is 0. The van der Waals surface area contributed by atoms with Crippen LogP contribution >= 0.6 is 0 Å². The van der Waals surface area contributed by atoms with Crippen LogP contribution in [0.2, 0.25) is 0 Å². The summed E-state index contributed by atoms with van der Waals surface area (Å²) in [6, 6.07) is 26.3. The van der Waals surface area contributed by atoms with Crippen molar-refractivity contribution in [3.8, 4) is 0 Å². The third-order valence-electron chi connectivity index (χ3n) is 5.87. The Balaban J connectivity index is 1.41. The fourth-order valence-electron chi connectivity index (χ4n) is 4.47. The lowest BCUT2D eigenvalue weighted by Crippen LogP contribution is -2.30. The van der Waals surface area contributed by atoms with Crippen molar-refractivity contribution in [2.24, 2.45) is 0 Å². The Morgan fingerprint density at radius 1 is 0.536 bits per heavy atom. The van der Waals surface area contributed by atoms with Gasteiger partial charge in [-0.3, -0.25) is 0 Å². The number of fused-ring (bicyclic) bond motifs is 2. The zero-order chi connectivity index (χ0) is 19.1. The topological polar surface area (TPSA) is 13.0 Å². The number of hydrogen-bond donors (Lipinski definition) is 0. The largest absolute Gasteiger partial charge is 0.355 e. The van der Waals surface area contributed by atoms with Crippen LogP contribution in [0, 0.1) is 0 Å². The summed E-state index contributed by atoms with van der Waals surface area (Å²) >= 11 is 0. The molecule has 0 bridgehead atoms. The van der Waals surface area contributed by atoms with E-state index in [9.17, 15) is 0 Å². The molecule has 2 aliphatic heterocycles. The van der Waals surface area contributed by atoms with E-state index < -0.39 is 0 Å². The van der Waals surface area contributed by atoms with Gasteiger partial charge in [-0.25, -0.2) is 0 Å². The second-order valence-corrected chi connectivity index (χ2v) is 7.82. The first kappa shape index (κ1) is 17.0. The smallest absolute Gasteiger partial charge is 0.0904 e. The molecular weight excluding hydrogens is 344 g/mol. The highest BCUT2D eigenvalue weighted by Gasteiger charge is 2.25. The lowest BCUT2D eigenvalue weighted by Gasteiger charge is -2.24. The predicted octanol–water partition coefficient (Wildman–Crippen LogP) is 4.51. The van der Waals surface area contributed by atoms with Gasteiger partial charge in [-0.05, 0) is 35.4 Å². The number of para-hydroxylation sites is 4. The zero-order valence-electron chi connectivity index (χ0n) is 16.5. The van der Waals surface area contributed by atoms with Crippen LogP contribution in [-0.2, 0) is 13.1 Å². The standard InChI is InChI=1S/C24H26N4/c1-25-17-27(23-13-7-5-11-21(23)25)15-19-9-3-4-10-20(19)16-28-18-26(2)22-12-6-8-14-24(22)28/h3-14H,15-18H2,1-2H3. The molecule has 0 N–H and O–H groups in total. The van der Waals surface area contributed by atoms with Crippen LogP contribution in [0.1, 0.15) is 11.1 Å². The monoisotopic (exact) mass is 370 g/mol. The van der Waals surface area contributed by atoms with E-state index in [0.717, 1.165) is 26.4 Å². The van der Waals surface area contributed by atoms with E-state index >= 15 is 0 Å². The van der Waals surface area contributed by atoms with Crippen LogP contribution in [0.15, 0.2) is 72.8 Å². The zero-order valence-corrected chi connectivity index (χ0v) is 16.5. The normalized spacial score (nSPS) is 15.2. The fourth-order valence-corrected chi connectivity index (χ4v) is 4.47. The van der Waals surface area contributed by atoms with Crippen LogP contribution in [0.3, 0.4) is 0 Å². The Morgan fingerprint density at radius 3 is 1.32 bits per heavy atom. The lowest BCUT2D eigenvalue weighted by molar-refractivity contribution is 0.781. The summed E-state index contributed by atoms with van der Waals surface area (Å²) in [5.74, 6) is 0. The number of rotatable bonds is 4. The van der Waals surface area contributed by atoms with Gasteiger partial charge < -0.3 is 19.6 Å².